The van der Waals surface area contributed by atoms with Gasteiger partial charge in [0.05, 0.1) is 0 Å². The van der Waals surface area contributed by atoms with Crippen LogP contribution < -0.4 is 5.32 Å². The van der Waals surface area contributed by atoms with E-state index < -0.39 is 0 Å². The first-order valence-electron chi connectivity index (χ1n) is 8.01. The van der Waals surface area contributed by atoms with Crippen LogP contribution in [0.15, 0.2) is 0 Å². The third-order valence-corrected chi connectivity index (χ3v) is 5.57. The molecular weight excluding hydrogens is 220 g/mol. The number of rotatable bonds is 3. The van der Waals surface area contributed by atoms with Crippen molar-refractivity contribution in [2.24, 2.45) is 17.3 Å². The molecule has 2 aliphatic heterocycles. The molecule has 0 saturated carbocycles. The Kier molecular flexibility index (Phi) is 4.71. The molecule has 2 fully saturated rings. The zero-order valence-electron chi connectivity index (χ0n) is 12.8. The molecule has 0 aromatic rings. The molecule has 1 N–H and O–H groups in total. The Bertz CT molecular complexity index is 258. The maximum Gasteiger partial charge on any atom is 0.00930 e. The summed E-state index contributed by atoms with van der Waals surface area (Å²) in [4.78, 5) is 2.79. The lowest BCUT2D eigenvalue weighted by atomic mass is 9.76. The lowest BCUT2D eigenvalue weighted by Gasteiger charge is -2.47. The summed E-state index contributed by atoms with van der Waals surface area (Å²) in [7, 11) is 0. The van der Waals surface area contributed by atoms with Crippen molar-refractivity contribution >= 4 is 0 Å². The predicted molar refractivity (Wildman–Crippen MR) is 78.8 cm³/mol. The van der Waals surface area contributed by atoms with Gasteiger partial charge in [-0.2, -0.15) is 0 Å². The van der Waals surface area contributed by atoms with Gasteiger partial charge in [0.25, 0.3) is 0 Å². The summed E-state index contributed by atoms with van der Waals surface area (Å²) < 4.78 is 0. The Morgan fingerprint density at radius 3 is 2.67 bits per heavy atom. The number of nitrogens with one attached hydrogen (secondary N) is 1. The van der Waals surface area contributed by atoms with Gasteiger partial charge in [0.2, 0.25) is 0 Å². The van der Waals surface area contributed by atoms with E-state index in [-0.39, 0.29) is 0 Å². The zero-order valence-corrected chi connectivity index (χ0v) is 12.8. The Hall–Kier alpha value is -0.0800. The van der Waals surface area contributed by atoms with Crippen molar-refractivity contribution < 1.29 is 0 Å². The first kappa shape index (κ1) is 14.3. The van der Waals surface area contributed by atoms with E-state index in [1.54, 1.807) is 0 Å². The van der Waals surface area contributed by atoms with E-state index in [9.17, 15) is 0 Å². The SMILES string of the molecule is CCC1(CN2CC(C)CC(C)C2C)CCCNC1. The smallest absolute Gasteiger partial charge is 0.00930 e. The number of piperidine rings is 2. The molecule has 4 atom stereocenters. The fourth-order valence-corrected chi connectivity index (χ4v) is 4.05. The summed E-state index contributed by atoms with van der Waals surface area (Å²) in [6.07, 6.45) is 5.52. The summed E-state index contributed by atoms with van der Waals surface area (Å²) in [6, 6.07) is 0.770. The molecule has 2 heteroatoms. The summed E-state index contributed by atoms with van der Waals surface area (Å²) in [5.41, 5.74) is 0.545. The maximum atomic E-state index is 3.63. The summed E-state index contributed by atoms with van der Waals surface area (Å²) in [5, 5.41) is 3.63. The second-order valence-corrected chi connectivity index (χ2v) is 7.12. The summed E-state index contributed by atoms with van der Waals surface area (Å²) in [5.74, 6) is 1.74. The fourth-order valence-electron chi connectivity index (χ4n) is 4.05. The summed E-state index contributed by atoms with van der Waals surface area (Å²) in [6.45, 7) is 14.8. The molecule has 2 heterocycles. The topological polar surface area (TPSA) is 15.3 Å². The Labute approximate surface area is 114 Å². The fraction of sp³-hybridized carbons (Fsp3) is 1.00. The highest BCUT2D eigenvalue weighted by Gasteiger charge is 2.36. The van der Waals surface area contributed by atoms with E-state index in [0.29, 0.717) is 5.41 Å². The average molecular weight is 252 g/mol. The van der Waals surface area contributed by atoms with E-state index >= 15 is 0 Å². The number of hydrogen-bond acceptors (Lipinski definition) is 2. The Morgan fingerprint density at radius 1 is 1.28 bits per heavy atom. The molecule has 0 bridgehead atoms. The van der Waals surface area contributed by atoms with E-state index in [1.807, 2.05) is 0 Å². The highest BCUT2D eigenvalue weighted by atomic mass is 15.2. The Morgan fingerprint density at radius 2 is 2.06 bits per heavy atom. The molecule has 2 rings (SSSR count). The van der Waals surface area contributed by atoms with Gasteiger partial charge in [-0.25, -0.2) is 0 Å². The van der Waals surface area contributed by atoms with Gasteiger partial charge in [0, 0.05) is 25.7 Å². The molecule has 2 nitrogen and oxygen atoms in total. The van der Waals surface area contributed by atoms with Crippen LogP contribution in [0.2, 0.25) is 0 Å². The molecule has 0 radical (unpaired) electrons. The largest absolute Gasteiger partial charge is 0.316 e. The minimum atomic E-state index is 0.545. The predicted octanol–water partition coefficient (Wildman–Crippen LogP) is 3.13. The minimum absolute atomic E-state index is 0.545. The van der Waals surface area contributed by atoms with Crippen molar-refractivity contribution in [3.63, 3.8) is 0 Å². The molecule has 4 unspecified atom stereocenters. The van der Waals surface area contributed by atoms with Gasteiger partial charge < -0.3 is 5.32 Å². The lowest BCUT2D eigenvalue weighted by Crippen LogP contribution is -2.53. The molecule has 2 aliphatic rings. The molecule has 0 aliphatic carbocycles. The van der Waals surface area contributed by atoms with Crippen LogP contribution >= 0.6 is 0 Å². The van der Waals surface area contributed by atoms with Crippen LogP contribution in [-0.2, 0) is 0 Å². The van der Waals surface area contributed by atoms with E-state index in [0.717, 1.165) is 17.9 Å². The molecule has 106 valence electrons. The van der Waals surface area contributed by atoms with Crippen molar-refractivity contribution in [3.8, 4) is 0 Å². The van der Waals surface area contributed by atoms with Crippen LogP contribution in [0.3, 0.4) is 0 Å². The monoisotopic (exact) mass is 252 g/mol. The van der Waals surface area contributed by atoms with Gasteiger partial charge in [0.1, 0.15) is 0 Å². The second kappa shape index (κ2) is 5.92. The van der Waals surface area contributed by atoms with Crippen molar-refractivity contribution in [1.82, 2.24) is 10.2 Å². The van der Waals surface area contributed by atoms with Crippen molar-refractivity contribution in [2.45, 2.75) is 59.4 Å². The number of nitrogens with zero attached hydrogens (tertiary/aromatic N) is 1. The molecule has 2 saturated heterocycles. The van der Waals surface area contributed by atoms with Gasteiger partial charge in [0.15, 0.2) is 0 Å². The number of hydrogen-bond donors (Lipinski definition) is 1. The molecule has 0 aromatic carbocycles. The number of likely N-dealkylation sites (tertiary alicyclic amines) is 1. The molecular formula is C16H32N2. The quantitative estimate of drug-likeness (QED) is 0.830. The van der Waals surface area contributed by atoms with Crippen molar-refractivity contribution in [1.29, 1.82) is 0 Å². The first-order valence-corrected chi connectivity index (χ1v) is 8.01. The van der Waals surface area contributed by atoms with Gasteiger partial charge in [-0.3, -0.25) is 4.90 Å². The minimum Gasteiger partial charge on any atom is -0.316 e. The third-order valence-electron chi connectivity index (χ3n) is 5.57. The molecule has 18 heavy (non-hydrogen) atoms. The summed E-state index contributed by atoms with van der Waals surface area (Å²) >= 11 is 0. The van der Waals surface area contributed by atoms with Crippen LogP contribution in [0.5, 0.6) is 0 Å². The van der Waals surface area contributed by atoms with Crippen LogP contribution in [-0.4, -0.2) is 37.1 Å². The maximum absolute atomic E-state index is 3.63. The van der Waals surface area contributed by atoms with Crippen molar-refractivity contribution in [3.05, 3.63) is 0 Å². The highest BCUT2D eigenvalue weighted by molar-refractivity contribution is 4.91. The first-order chi connectivity index (χ1) is 8.56. The van der Waals surface area contributed by atoms with Crippen molar-refractivity contribution in [2.75, 3.05) is 26.2 Å². The normalized spacial score (nSPS) is 43.0. The lowest BCUT2D eigenvalue weighted by molar-refractivity contribution is 0.0243. The van der Waals surface area contributed by atoms with Crippen LogP contribution in [0.1, 0.15) is 53.4 Å². The van der Waals surface area contributed by atoms with Gasteiger partial charge >= 0.3 is 0 Å². The molecule has 0 spiro atoms. The zero-order chi connectivity index (χ0) is 13.2. The standard InChI is InChI=1S/C16H32N2/c1-5-16(7-6-8-17-11-16)12-18-10-13(2)9-14(3)15(18)4/h13-15,17H,5-12H2,1-4H3. The molecule has 0 amide bonds. The second-order valence-electron chi connectivity index (χ2n) is 7.12. The van der Waals surface area contributed by atoms with Gasteiger partial charge in [-0.05, 0) is 56.4 Å². The van der Waals surface area contributed by atoms with Crippen LogP contribution in [0.4, 0.5) is 0 Å². The van der Waals surface area contributed by atoms with Crippen LogP contribution in [0, 0.1) is 17.3 Å². The van der Waals surface area contributed by atoms with E-state index in [4.69, 9.17) is 0 Å². The third kappa shape index (κ3) is 3.08. The molecule has 0 aromatic heterocycles. The van der Waals surface area contributed by atoms with E-state index in [1.165, 1.54) is 51.9 Å². The Balaban J connectivity index is 2.01. The van der Waals surface area contributed by atoms with Gasteiger partial charge in [-0.1, -0.05) is 20.8 Å². The van der Waals surface area contributed by atoms with Gasteiger partial charge in [-0.15, -0.1) is 0 Å². The van der Waals surface area contributed by atoms with E-state index in [2.05, 4.69) is 37.9 Å². The average Bonchev–Trinajstić information content (AvgIpc) is 2.36. The highest BCUT2D eigenvalue weighted by Crippen LogP contribution is 2.35. The van der Waals surface area contributed by atoms with Crippen LogP contribution in [0.25, 0.3) is 0 Å².